The number of carbonyl (C=O) groups excluding carboxylic acids is 1. The number of rotatable bonds is 4. The smallest absolute Gasteiger partial charge is 0.225 e. The minimum atomic E-state index is -0.588. The molecule has 0 saturated carbocycles. The van der Waals surface area contributed by atoms with Gasteiger partial charge in [-0.25, -0.2) is 0 Å². The Bertz CT molecular complexity index is 512. The molecular formula is C15H25N3O3. The molecule has 6 nitrogen and oxygen atoms in total. The zero-order valence-corrected chi connectivity index (χ0v) is 13.5. The molecule has 1 aliphatic heterocycles. The van der Waals surface area contributed by atoms with Crippen molar-refractivity contribution in [2.75, 3.05) is 13.1 Å². The van der Waals surface area contributed by atoms with Gasteiger partial charge in [0.15, 0.2) is 0 Å². The Morgan fingerprint density at radius 2 is 2.05 bits per heavy atom. The Kier molecular flexibility index (Phi) is 4.10. The lowest BCUT2D eigenvalue weighted by Crippen LogP contribution is -2.60. The highest BCUT2D eigenvalue weighted by Gasteiger charge is 2.46. The van der Waals surface area contributed by atoms with E-state index in [0.717, 1.165) is 0 Å². The van der Waals surface area contributed by atoms with Gasteiger partial charge in [0.1, 0.15) is 0 Å². The lowest BCUT2D eigenvalue weighted by atomic mass is 9.81. The molecule has 1 fully saturated rings. The number of aliphatic hydroxyl groups is 1. The number of likely N-dealkylation sites (tertiary alicyclic amines) is 1. The van der Waals surface area contributed by atoms with Gasteiger partial charge < -0.3 is 14.4 Å². The van der Waals surface area contributed by atoms with Crippen LogP contribution in [0.5, 0.6) is 0 Å². The maximum absolute atomic E-state index is 12.1. The second-order valence-corrected chi connectivity index (χ2v) is 7.56. The SMILES string of the molecule is Cc1nnc(C2(C)CN(C(=O)CC(O)CC(C)(C)C)C2)o1. The van der Waals surface area contributed by atoms with Crippen LogP contribution in [0.3, 0.4) is 0 Å². The first kappa shape index (κ1) is 15.9. The molecule has 0 radical (unpaired) electrons. The van der Waals surface area contributed by atoms with Crippen molar-refractivity contribution in [3.05, 3.63) is 11.8 Å². The summed E-state index contributed by atoms with van der Waals surface area (Å²) < 4.78 is 5.46. The summed E-state index contributed by atoms with van der Waals surface area (Å²) in [5.41, 5.74) is -0.240. The highest BCUT2D eigenvalue weighted by Crippen LogP contribution is 2.34. The van der Waals surface area contributed by atoms with Crippen molar-refractivity contribution in [3.8, 4) is 0 Å². The van der Waals surface area contributed by atoms with Crippen LogP contribution in [0.4, 0.5) is 0 Å². The van der Waals surface area contributed by atoms with E-state index in [2.05, 4.69) is 31.0 Å². The topological polar surface area (TPSA) is 79.5 Å². The summed E-state index contributed by atoms with van der Waals surface area (Å²) >= 11 is 0. The Labute approximate surface area is 125 Å². The Balaban J connectivity index is 1.85. The highest BCUT2D eigenvalue weighted by molar-refractivity contribution is 5.78. The molecule has 1 N–H and O–H groups in total. The Morgan fingerprint density at radius 3 is 2.52 bits per heavy atom. The van der Waals surface area contributed by atoms with Gasteiger partial charge in [-0.1, -0.05) is 20.8 Å². The predicted octanol–water partition coefficient (Wildman–Crippen LogP) is 1.67. The number of amides is 1. The fourth-order valence-electron chi connectivity index (χ4n) is 2.76. The minimum absolute atomic E-state index is 0.0135. The van der Waals surface area contributed by atoms with Gasteiger partial charge >= 0.3 is 0 Å². The molecule has 0 aliphatic carbocycles. The molecule has 1 aromatic heterocycles. The van der Waals surface area contributed by atoms with E-state index in [1.54, 1.807) is 11.8 Å². The molecule has 0 spiro atoms. The monoisotopic (exact) mass is 295 g/mol. The van der Waals surface area contributed by atoms with Crippen LogP contribution >= 0.6 is 0 Å². The van der Waals surface area contributed by atoms with E-state index in [4.69, 9.17) is 4.42 Å². The molecule has 21 heavy (non-hydrogen) atoms. The molecule has 6 heteroatoms. The van der Waals surface area contributed by atoms with E-state index in [1.165, 1.54) is 0 Å². The molecule has 1 unspecified atom stereocenters. The van der Waals surface area contributed by atoms with Crippen LogP contribution in [0.15, 0.2) is 4.42 Å². The minimum Gasteiger partial charge on any atom is -0.425 e. The summed E-state index contributed by atoms with van der Waals surface area (Å²) in [5, 5.41) is 17.9. The van der Waals surface area contributed by atoms with E-state index in [0.29, 0.717) is 31.3 Å². The summed E-state index contributed by atoms with van der Waals surface area (Å²) in [4.78, 5) is 13.9. The first-order valence-electron chi connectivity index (χ1n) is 7.35. The van der Waals surface area contributed by atoms with Gasteiger partial charge in [-0.2, -0.15) is 0 Å². The summed E-state index contributed by atoms with van der Waals surface area (Å²) in [6, 6.07) is 0. The standard InChI is InChI=1S/C15H25N3O3/c1-10-16-17-13(21-10)15(5)8-18(9-15)12(20)6-11(19)7-14(2,3)4/h11,19H,6-9H2,1-5H3. The fraction of sp³-hybridized carbons (Fsp3) is 0.800. The number of carbonyl (C=O) groups is 1. The molecule has 1 amide bonds. The van der Waals surface area contributed by atoms with Gasteiger partial charge in [0, 0.05) is 20.0 Å². The zero-order chi connectivity index (χ0) is 15.8. The zero-order valence-electron chi connectivity index (χ0n) is 13.5. The van der Waals surface area contributed by atoms with E-state index >= 15 is 0 Å². The molecule has 1 aliphatic rings. The average Bonchev–Trinajstić information content (AvgIpc) is 2.69. The van der Waals surface area contributed by atoms with Crippen molar-refractivity contribution in [3.63, 3.8) is 0 Å². The third-order valence-corrected chi connectivity index (χ3v) is 3.73. The van der Waals surface area contributed by atoms with Crippen LogP contribution in [0, 0.1) is 12.3 Å². The molecule has 0 bridgehead atoms. The van der Waals surface area contributed by atoms with Crippen molar-refractivity contribution < 1.29 is 14.3 Å². The number of nitrogens with zero attached hydrogens (tertiary/aromatic N) is 3. The summed E-state index contributed by atoms with van der Waals surface area (Å²) in [6.07, 6.45) is 0.207. The number of aryl methyl sites for hydroxylation is 1. The molecular weight excluding hydrogens is 270 g/mol. The second-order valence-electron chi connectivity index (χ2n) is 7.56. The quantitative estimate of drug-likeness (QED) is 0.914. The van der Waals surface area contributed by atoms with Crippen LogP contribution in [-0.2, 0) is 10.2 Å². The first-order valence-corrected chi connectivity index (χ1v) is 7.35. The van der Waals surface area contributed by atoms with E-state index in [9.17, 15) is 9.90 Å². The molecule has 2 heterocycles. The Morgan fingerprint density at radius 1 is 1.43 bits per heavy atom. The number of aliphatic hydroxyl groups excluding tert-OH is 1. The van der Waals surface area contributed by atoms with Crippen LogP contribution in [0.1, 0.15) is 52.3 Å². The van der Waals surface area contributed by atoms with Gasteiger partial charge in [-0.3, -0.25) is 4.79 Å². The van der Waals surface area contributed by atoms with Crippen molar-refractivity contribution in [2.45, 2.75) is 59.0 Å². The number of aromatic nitrogens is 2. The van der Waals surface area contributed by atoms with Crippen molar-refractivity contribution >= 4 is 5.91 Å². The fourth-order valence-corrected chi connectivity index (χ4v) is 2.76. The van der Waals surface area contributed by atoms with Gasteiger partial charge in [0.25, 0.3) is 0 Å². The molecule has 118 valence electrons. The molecule has 1 aromatic rings. The van der Waals surface area contributed by atoms with Gasteiger partial charge in [-0.05, 0) is 18.8 Å². The van der Waals surface area contributed by atoms with Crippen molar-refractivity contribution in [2.24, 2.45) is 5.41 Å². The summed E-state index contributed by atoms with van der Waals surface area (Å²) in [5.74, 6) is 1.11. The van der Waals surface area contributed by atoms with Crippen LogP contribution < -0.4 is 0 Å². The largest absolute Gasteiger partial charge is 0.425 e. The Hall–Kier alpha value is -1.43. The highest BCUT2D eigenvalue weighted by atomic mass is 16.4. The normalized spacial score (nSPS) is 19.2. The third-order valence-electron chi connectivity index (χ3n) is 3.73. The summed E-state index contributed by atoms with van der Waals surface area (Å²) in [6.45, 7) is 11.1. The summed E-state index contributed by atoms with van der Waals surface area (Å²) in [7, 11) is 0. The van der Waals surface area contributed by atoms with Gasteiger partial charge in [-0.15, -0.1) is 10.2 Å². The molecule has 1 saturated heterocycles. The van der Waals surface area contributed by atoms with Gasteiger partial charge in [0.2, 0.25) is 17.7 Å². The van der Waals surface area contributed by atoms with Crippen LogP contribution in [0.2, 0.25) is 0 Å². The molecule has 2 rings (SSSR count). The van der Waals surface area contributed by atoms with Crippen molar-refractivity contribution in [1.29, 1.82) is 0 Å². The van der Waals surface area contributed by atoms with Crippen LogP contribution in [-0.4, -0.2) is 45.3 Å². The number of hydrogen-bond acceptors (Lipinski definition) is 5. The van der Waals surface area contributed by atoms with Crippen molar-refractivity contribution in [1.82, 2.24) is 15.1 Å². The molecule has 0 aromatic carbocycles. The maximum atomic E-state index is 12.1. The lowest BCUT2D eigenvalue weighted by molar-refractivity contribution is -0.141. The van der Waals surface area contributed by atoms with E-state index < -0.39 is 6.10 Å². The number of hydrogen-bond donors (Lipinski definition) is 1. The first-order chi connectivity index (χ1) is 9.59. The lowest BCUT2D eigenvalue weighted by Gasteiger charge is -2.45. The average molecular weight is 295 g/mol. The predicted molar refractivity (Wildman–Crippen MR) is 77.7 cm³/mol. The maximum Gasteiger partial charge on any atom is 0.225 e. The van der Waals surface area contributed by atoms with Crippen LogP contribution in [0.25, 0.3) is 0 Å². The van der Waals surface area contributed by atoms with E-state index in [1.807, 2.05) is 6.92 Å². The second kappa shape index (κ2) is 5.40. The third kappa shape index (κ3) is 3.81. The van der Waals surface area contributed by atoms with E-state index in [-0.39, 0.29) is 23.2 Å². The molecule has 1 atom stereocenters. The van der Waals surface area contributed by atoms with Gasteiger partial charge in [0.05, 0.1) is 17.9 Å².